The van der Waals surface area contributed by atoms with E-state index in [9.17, 15) is 9.90 Å². The molecule has 0 spiro atoms. The van der Waals surface area contributed by atoms with Crippen molar-refractivity contribution in [3.8, 4) is 0 Å². The van der Waals surface area contributed by atoms with Gasteiger partial charge in [0, 0.05) is 43.9 Å². The van der Waals surface area contributed by atoms with Crippen molar-refractivity contribution in [3.63, 3.8) is 0 Å². The van der Waals surface area contributed by atoms with Gasteiger partial charge < -0.3 is 14.8 Å². The van der Waals surface area contributed by atoms with Gasteiger partial charge in [0.15, 0.2) is 5.78 Å². The number of hydrogen-bond acceptors (Lipinski definition) is 6. The van der Waals surface area contributed by atoms with E-state index in [4.69, 9.17) is 9.57 Å². The van der Waals surface area contributed by atoms with E-state index in [2.05, 4.69) is 15.4 Å². The highest BCUT2D eigenvalue weighted by atomic mass is 16.6. The van der Waals surface area contributed by atoms with Crippen molar-refractivity contribution in [1.29, 1.82) is 0 Å². The minimum absolute atomic E-state index is 0.194. The van der Waals surface area contributed by atoms with Crippen LogP contribution in [0.5, 0.6) is 0 Å². The Kier molecular flexibility index (Phi) is 6.02. The van der Waals surface area contributed by atoms with Crippen LogP contribution < -0.4 is 5.48 Å². The molecule has 1 atom stereocenters. The first kappa shape index (κ1) is 17.6. The van der Waals surface area contributed by atoms with Gasteiger partial charge in [-0.25, -0.2) is 0 Å². The van der Waals surface area contributed by atoms with E-state index in [1.807, 2.05) is 6.92 Å². The Balaban J connectivity index is 1.43. The van der Waals surface area contributed by atoms with E-state index in [0.29, 0.717) is 26.1 Å². The Morgan fingerprint density at radius 1 is 1.38 bits per heavy atom. The summed E-state index contributed by atoms with van der Waals surface area (Å²) < 4.78 is 5.29. The molecule has 3 N–H and O–H groups in total. The van der Waals surface area contributed by atoms with E-state index < -0.39 is 6.10 Å². The molecule has 1 aromatic heterocycles. The molecule has 24 heavy (non-hydrogen) atoms. The lowest BCUT2D eigenvalue weighted by atomic mass is 9.94. The van der Waals surface area contributed by atoms with E-state index in [1.165, 1.54) is 0 Å². The Labute approximate surface area is 142 Å². The van der Waals surface area contributed by atoms with Crippen molar-refractivity contribution >= 4 is 5.78 Å². The molecular formula is C17H27N3O4. The fourth-order valence-electron chi connectivity index (χ4n) is 3.40. The number of Topliss-reactive ketones (excluding diaryl/α,β-unsaturated/α-hetero) is 1. The zero-order chi connectivity index (χ0) is 16.9. The fraction of sp³-hybridized carbons (Fsp3) is 0.706. The minimum Gasteiger partial charge on any atom is -0.390 e. The third kappa shape index (κ3) is 4.23. The van der Waals surface area contributed by atoms with Crippen LogP contribution in [-0.4, -0.2) is 66.3 Å². The SMILES string of the molecule is Cc1[nH]c2c(c1CONCC(O)CN1CCOCC1)CCCC2=O. The zero-order valence-corrected chi connectivity index (χ0v) is 14.3. The number of nitrogens with zero attached hydrogens (tertiary/aromatic N) is 1. The van der Waals surface area contributed by atoms with Crippen LogP contribution in [0.4, 0.5) is 0 Å². The third-order valence-electron chi connectivity index (χ3n) is 4.75. The largest absolute Gasteiger partial charge is 0.390 e. The smallest absolute Gasteiger partial charge is 0.179 e. The Bertz CT molecular complexity index is 566. The third-order valence-corrected chi connectivity index (χ3v) is 4.75. The van der Waals surface area contributed by atoms with Gasteiger partial charge in [0.25, 0.3) is 0 Å². The van der Waals surface area contributed by atoms with Gasteiger partial charge in [-0.3, -0.25) is 14.5 Å². The first-order chi connectivity index (χ1) is 11.6. The number of aliphatic hydroxyl groups excluding tert-OH is 1. The number of nitrogens with one attached hydrogen (secondary N) is 2. The molecule has 3 rings (SSSR count). The molecule has 1 fully saturated rings. The van der Waals surface area contributed by atoms with Gasteiger partial charge in [-0.05, 0) is 25.3 Å². The van der Waals surface area contributed by atoms with Gasteiger partial charge in [0.05, 0.1) is 31.6 Å². The summed E-state index contributed by atoms with van der Waals surface area (Å²) in [5, 5.41) is 10.1. The summed E-state index contributed by atoms with van der Waals surface area (Å²) >= 11 is 0. The second kappa shape index (κ2) is 8.22. The number of morpholine rings is 1. The summed E-state index contributed by atoms with van der Waals surface area (Å²) in [6.45, 7) is 6.54. The molecule has 1 aliphatic heterocycles. The maximum Gasteiger partial charge on any atom is 0.179 e. The number of β-amino-alcohol motifs (C(OH)–C–C–N with tert-alkyl or cyclic N) is 1. The molecule has 1 aromatic rings. The van der Waals surface area contributed by atoms with Gasteiger partial charge in [0.1, 0.15) is 0 Å². The number of hydroxylamine groups is 1. The van der Waals surface area contributed by atoms with Crippen LogP contribution in [0.1, 0.15) is 40.2 Å². The number of aryl methyl sites for hydroxylation is 1. The monoisotopic (exact) mass is 337 g/mol. The molecule has 0 saturated carbocycles. The quantitative estimate of drug-likeness (QED) is 0.498. The number of H-pyrrole nitrogens is 1. The number of carbonyl (C=O) groups is 1. The van der Waals surface area contributed by atoms with E-state index >= 15 is 0 Å². The molecular weight excluding hydrogens is 310 g/mol. The van der Waals surface area contributed by atoms with Gasteiger partial charge in [-0.2, -0.15) is 5.48 Å². The molecule has 0 radical (unpaired) electrons. The normalized spacial score (nSPS) is 20.2. The number of rotatable bonds is 7. The summed E-state index contributed by atoms with van der Waals surface area (Å²) in [6.07, 6.45) is 1.97. The number of carbonyl (C=O) groups excluding carboxylic acids is 1. The second-order valence-corrected chi connectivity index (χ2v) is 6.56. The maximum absolute atomic E-state index is 11.9. The predicted octanol–water partition coefficient (Wildman–Crippen LogP) is 0.556. The van der Waals surface area contributed by atoms with Crippen LogP contribution in [0.15, 0.2) is 0 Å². The Morgan fingerprint density at radius 3 is 2.96 bits per heavy atom. The zero-order valence-electron chi connectivity index (χ0n) is 14.3. The molecule has 2 heterocycles. The Hall–Kier alpha value is -1.25. The molecule has 0 bridgehead atoms. The van der Waals surface area contributed by atoms with Crippen LogP contribution in [0.3, 0.4) is 0 Å². The highest BCUT2D eigenvalue weighted by Crippen LogP contribution is 2.27. The maximum atomic E-state index is 11.9. The van der Waals surface area contributed by atoms with Gasteiger partial charge in [0.2, 0.25) is 0 Å². The first-order valence-corrected chi connectivity index (χ1v) is 8.71. The summed E-state index contributed by atoms with van der Waals surface area (Å²) in [6, 6.07) is 0. The van der Waals surface area contributed by atoms with Crippen molar-refractivity contribution in [2.24, 2.45) is 0 Å². The number of hydrogen-bond donors (Lipinski definition) is 3. The molecule has 0 aromatic carbocycles. The number of aliphatic hydroxyl groups is 1. The van der Waals surface area contributed by atoms with E-state index in [1.54, 1.807) is 0 Å². The van der Waals surface area contributed by atoms with Crippen molar-refractivity contribution < 1.29 is 19.5 Å². The molecule has 134 valence electrons. The number of ether oxygens (including phenoxy) is 1. The van der Waals surface area contributed by atoms with E-state index in [-0.39, 0.29) is 5.78 Å². The topological polar surface area (TPSA) is 86.8 Å². The molecule has 0 amide bonds. The van der Waals surface area contributed by atoms with Gasteiger partial charge in [-0.1, -0.05) is 0 Å². The Morgan fingerprint density at radius 2 is 2.17 bits per heavy atom. The average molecular weight is 337 g/mol. The summed E-state index contributed by atoms with van der Waals surface area (Å²) in [7, 11) is 0. The highest BCUT2D eigenvalue weighted by molar-refractivity contribution is 5.97. The van der Waals surface area contributed by atoms with Crippen molar-refractivity contribution in [2.75, 3.05) is 39.4 Å². The molecule has 2 aliphatic rings. The van der Waals surface area contributed by atoms with Crippen molar-refractivity contribution in [1.82, 2.24) is 15.4 Å². The van der Waals surface area contributed by atoms with Crippen LogP contribution >= 0.6 is 0 Å². The molecule has 7 heteroatoms. The minimum atomic E-state index is -0.481. The lowest BCUT2D eigenvalue weighted by Crippen LogP contribution is -2.43. The standard InChI is InChI=1S/C17H27N3O4/c1-12-15(14-3-2-4-16(22)17(14)19-12)11-24-18-9-13(21)10-20-5-7-23-8-6-20/h13,18-19,21H,2-11H2,1H3. The number of aromatic amines is 1. The van der Waals surface area contributed by atoms with Crippen LogP contribution in [0.2, 0.25) is 0 Å². The summed E-state index contributed by atoms with van der Waals surface area (Å²) in [5.41, 5.74) is 6.76. The van der Waals surface area contributed by atoms with Gasteiger partial charge >= 0.3 is 0 Å². The van der Waals surface area contributed by atoms with Gasteiger partial charge in [-0.15, -0.1) is 0 Å². The molecule has 1 aliphatic carbocycles. The molecule has 7 nitrogen and oxygen atoms in total. The highest BCUT2D eigenvalue weighted by Gasteiger charge is 2.24. The number of ketones is 1. The van der Waals surface area contributed by atoms with E-state index in [0.717, 1.165) is 61.7 Å². The number of aromatic nitrogens is 1. The summed E-state index contributed by atoms with van der Waals surface area (Å²) in [5.74, 6) is 0.194. The predicted molar refractivity (Wildman–Crippen MR) is 88.9 cm³/mol. The van der Waals surface area contributed by atoms with Crippen molar-refractivity contribution in [2.45, 2.75) is 38.9 Å². The number of fused-ring (bicyclic) bond motifs is 1. The lowest BCUT2D eigenvalue weighted by Gasteiger charge is -2.28. The van der Waals surface area contributed by atoms with Crippen molar-refractivity contribution in [3.05, 3.63) is 22.5 Å². The first-order valence-electron chi connectivity index (χ1n) is 8.71. The fourth-order valence-corrected chi connectivity index (χ4v) is 3.40. The van der Waals surface area contributed by atoms with Crippen LogP contribution in [0, 0.1) is 6.92 Å². The second-order valence-electron chi connectivity index (χ2n) is 6.56. The summed E-state index contributed by atoms with van der Waals surface area (Å²) in [4.78, 5) is 22.8. The van der Waals surface area contributed by atoms with Crippen LogP contribution in [-0.2, 0) is 22.6 Å². The van der Waals surface area contributed by atoms with Crippen LogP contribution in [0.25, 0.3) is 0 Å². The molecule has 1 unspecified atom stereocenters. The molecule has 1 saturated heterocycles. The average Bonchev–Trinajstić information content (AvgIpc) is 2.90. The lowest BCUT2D eigenvalue weighted by molar-refractivity contribution is -0.0180.